The van der Waals surface area contributed by atoms with Crippen LogP contribution in [-0.4, -0.2) is 40.8 Å². The van der Waals surface area contributed by atoms with E-state index in [-0.39, 0.29) is 0 Å². The van der Waals surface area contributed by atoms with Gasteiger partial charge in [-0.1, -0.05) is 6.07 Å². The number of aromatic nitrogens is 1. The number of pyridine rings is 1. The van der Waals surface area contributed by atoms with Gasteiger partial charge in [0.05, 0.1) is 12.1 Å². The number of carbonyl (C=O) groups is 1. The van der Waals surface area contributed by atoms with E-state index >= 15 is 0 Å². The summed E-state index contributed by atoms with van der Waals surface area (Å²) in [6.07, 6.45) is 2.02. The zero-order valence-corrected chi connectivity index (χ0v) is 13.4. The minimum Gasteiger partial charge on any atom is -0.494 e. The summed E-state index contributed by atoms with van der Waals surface area (Å²) in [7, 11) is 0. The lowest BCUT2D eigenvalue weighted by Crippen LogP contribution is -2.37. The molecule has 2 heterocycles. The van der Waals surface area contributed by atoms with Crippen LogP contribution >= 0.6 is 0 Å². The van der Waals surface area contributed by atoms with Crippen LogP contribution in [0.2, 0.25) is 0 Å². The Morgan fingerprint density at radius 1 is 1.30 bits per heavy atom. The zero-order valence-electron chi connectivity index (χ0n) is 13.4. The molecule has 1 aliphatic rings. The number of fused-ring (bicyclic) bond motifs is 1. The molecule has 1 N–H and O–H groups in total. The average molecular weight is 314 g/mol. The second kappa shape index (κ2) is 6.86. The van der Waals surface area contributed by atoms with E-state index in [1.54, 1.807) is 0 Å². The Morgan fingerprint density at radius 2 is 2.09 bits per heavy atom. The van der Waals surface area contributed by atoms with E-state index < -0.39 is 6.09 Å². The van der Waals surface area contributed by atoms with Crippen molar-refractivity contribution in [2.24, 2.45) is 5.92 Å². The van der Waals surface area contributed by atoms with Crippen molar-refractivity contribution in [2.45, 2.75) is 26.2 Å². The first-order valence-corrected chi connectivity index (χ1v) is 8.10. The first-order chi connectivity index (χ1) is 11.1. The summed E-state index contributed by atoms with van der Waals surface area (Å²) in [5.41, 5.74) is 2.00. The molecule has 122 valence electrons. The van der Waals surface area contributed by atoms with Gasteiger partial charge in [0.1, 0.15) is 5.75 Å². The number of nitrogens with zero attached hydrogens (tertiary/aromatic N) is 2. The van der Waals surface area contributed by atoms with Gasteiger partial charge >= 0.3 is 6.09 Å². The highest BCUT2D eigenvalue weighted by Crippen LogP contribution is 2.23. The lowest BCUT2D eigenvalue weighted by Gasteiger charge is -2.29. The third-order valence-electron chi connectivity index (χ3n) is 4.48. The monoisotopic (exact) mass is 314 g/mol. The van der Waals surface area contributed by atoms with Crippen LogP contribution in [0.3, 0.4) is 0 Å². The summed E-state index contributed by atoms with van der Waals surface area (Å²) >= 11 is 0. The van der Waals surface area contributed by atoms with Crippen LogP contribution in [0.4, 0.5) is 4.79 Å². The highest BCUT2D eigenvalue weighted by atomic mass is 16.5. The van der Waals surface area contributed by atoms with Crippen LogP contribution in [0.15, 0.2) is 30.3 Å². The maximum absolute atomic E-state index is 10.9. The van der Waals surface area contributed by atoms with Crippen molar-refractivity contribution in [3.8, 4) is 5.75 Å². The quantitative estimate of drug-likeness (QED) is 0.934. The van der Waals surface area contributed by atoms with E-state index in [1.165, 1.54) is 4.90 Å². The molecule has 0 bridgehead atoms. The Bertz CT molecular complexity index is 694. The number of rotatable bonds is 4. The van der Waals surface area contributed by atoms with E-state index in [1.807, 2.05) is 31.2 Å². The Morgan fingerprint density at radius 3 is 2.83 bits per heavy atom. The lowest BCUT2D eigenvalue weighted by atomic mass is 9.94. The number of carboxylic acid groups (broad SMARTS) is 1. The second-order valence-electron chi connectivity index (χ2n) is 6.16. The number of ether oxygens (including phenoxy) is 1. The fourth-order valence-corrected chi connectivity index (χ4v) is 3.05. The van der Waals surface area contributed by atoms with Crippen molar-refractivity contribution >= 4 is 17.0 Å². The van der Waals surface area contributed by atoms with E-state index in [0.29, 0.717) is 25.6 Å². The van der Waals surface area contributed by atoms with Gasteiger partial charge in [-0.3, -0.25) is 4.98 Å². The van der Waals surface area contributed by atoms with Gasteiger partial charge in [0.15, 0.2) is 0 Å². The number of hydrogen-bond donors (Lipinski definition) is 1. The average Bonchev–Trinajstić information content (AvgIpc) is 2.55. The number of aryl methyl sites for hydroxylation is 1. The highest BCUT2D eigenvalue weighted by molar-refractivity contribution is 5.80. The van der Waals surface area contributed by atoms with Crippen molar-refractivity contribution in [2.75, 3.05) is 19.7 Å². The summed E-state index contributed by atoms with van der Waals surface area (Å²) in [5, 5.41) is 10.0. The second-order valence-corrected chi connectivity index (χ2v) is 6.16. The molecule has 0 spiro atoms. The predicted octanol–water partition coefficient (Wildman–Crippen LogP) is 3.70. The molecule has 3 rings (SSSR count). The minimum absolute atomic E-state index is 0.551. The molecule has 0 aliphatic carbocycles. The fraction of sp³-hybridized carbons (Fsp3) is 0.444. The molecule has 23 heavy (non-hydrogen) atoms. The first-order valence-electron chi connectivity index (χ1n) is 8.10. The molecule has 0 unspecified atom stereocenters. The van der Waals surface area contributed by atoms with Crippen molar-refractivity contribution in [1.29, 1.82) is 0 Å². The predicted molar refractivity (Wildman–Crippen MR) is 88.9 cm³/mol. The summed E-state index contributed by atoms with van der Waals surface area (Å²) in [6, 6.07) is 10.0. The Hall–Kier alpha value is -2.30. The van der Waals surface area contributed by atoms with E-state index in [2.05, 4.69) is 11.1 Å². The highest BCUT2D eigenvalue weighted by Gasteiger charge is 2.21. The van der Waals surface area contributed by atoms with E-state index in [0.717, 1.165) is 41.6 Å². The molecule has 1 aromatic heterocycles. The topological polar surface area (TPSA) is 62.7 Å². The van der Waals surface area contributed by atoms with Gasteiger partial charge in [0.2, 0.25) is 0 Å². The molecule has 2 aromatic rings. The van der Waals surface area contributed by atoms with Crippen LogP contribution in [-0.2, 0) is 0 Å². The van der Waals surface area contributed by atoms with Crippen LogP contribution in [0.5, 0.6) is 5.75 Å². The number of benzene rings is 1. The number of hydrogen-bond acceptors (Lipinski definition) is 3. The number of likely N-dealkylation sites (tertiary alicyclic amines) is 1. The molecule has 1 aliphatic heterocycles. The molecule has 1 amide bonds. The van der Waals surface area contributed by atoms with Gasteiger partial charge in [-0.25, -0.2) is 4.79 Å². The van der Waals surface area contributed by atoms with Gasteiger partial charge in [-0.05, 0) is 56.4 Å². The van der Waals surface area contributed by atoms with Crippen LogP contribution in [0.25, 0.3) is 10.9 Å². The molecule has 0 saturated carbocycles. The normalized spacial score (nSPS) is 15.8. The molecule has 1 fully saturated rings. The smallest absolute Gasteiger partial charge is 0.407 e. The number of amides is 1. The van der Waals surface area contributed by atoms with Crippen LogP contribution in [0, 0.1) is 12.8 Å². The fourth-order valence-electron chi connectivity index (χ4n) is 3.05. The Kier molecular flexibility index (Phi) is 4.65. The number of piperidine rings is 1. The molecule has 1 saturated heterocycles. The maximum atomic E-state index is 10.9. The summed E-state index contributed by atoms with van der Waals surface area (Å²) in [6.45, 7) is 3.93. The van der Waals surface area contributed by atoms with Gasteiger partial charge in [0, 0.05) is 24.2 Å². The molecular weight excluding hydrogens is 292 g/mol. The van der Waals surface area contributed by atoms with Gasteiger partial charge in [0.25, 0.3) is 0 Å². The summed E-state index contributed by atoms with van der Waals surface area (Å²) in [5.74, 6) is 1.42. The summed E-state index contributed by atoms with van der Waals surface area (Å²) in [4.78, 5) is 16.9. The van der Waals surface area contributed by atoms with Crippen LogP contribution in [0.1, 0.15) is 25.0 Å². The SMILES string of the molecule is Cc1ccc2cc(OCCC3CCN(C(=O)O)CC3)ccc2n1. The zero-order chi connectivity index (χ0) is 16.2. The Balaban J connectivity index is 1.49. The molecule has 5 heteroatoms. The molecule has 5 nitrogen and oxygen atoms in total. The van der Waals surface area contributed by atoms with Crippen molar-refractivity contribution in [1.82, 2.24) is 9.88 Å². The van der Waals surface area contributed by atoms with E-state index in [4.69, 9.17) is 9.84 Å². The van der Waals surface area contributed by atoms with Crippen molar-refractivity contribution < 1.29 is 14.6 Å². The molecular formula is C18H22N2O3. The van der Waals surface area contributed by atoms with Crippen molar-refractivity contribution in [3.05, 3.63) is 36.0 Å². The third kappa shape index (κ3) is 3.92. The molecule has 0 atom stereocenters. The Labute approximate surface area is 135 Å². The maximum Gasteiger partial charge on any atom is 0.407 e. The lowest BCUT2D eigenvalue weighted by molar-refractivity contribution is 0.119. The van der Waals surface area contributed by atoms with Gasteiger partial charge in [-0.15, -0.1) is 0 Å². The van der Waals surface area contributed by atoms with Gasteiger partial charge < -0.3 is 14.7 Å². The summed E-state index contributed by atoms with van der Waals surface area (Å²) < 4.78 is 5.86. The molecule has 0 radical (unpaired) electrons. The van der Waals surface area contributed by atoms with Crippen LogP contribution < -0.4 is 4.74 Å². The first kappa shape index (κ1) is 15.6. The third-order valence-corrected chi connectivity index (χ3v) is 4.48. The largest absolute Gasteiger partial charge is 0.494 e. The van der Waals surface area contributed by atoms with E-state index in [9.17, 15) is 4.79 Å². The van der Waals surface area contributed by atoms with Gasteiger partial charge in [-0.2, -0.15) is 0 Å². The minimum atomic E-state index is -0.806. The van der Waals surface area contributed by atoms with Crippen molar-refractivity contribution in [3.63, 3.8) is 0 Å². The molecule has 1 aromatic carbocycles. The standard InChI is InChI=1S/C18H22N2O3/c1-13-2-3-15-12-16(4-5-17(15)19-13)23-11-8-14-6-9-20(10-7-14)18(21)22/h2-5,12,14H,6-11H2,1H3,(H,21,22).